The molecule has 0 aliphatic heterocycles. The van der Waals surface area contributed by atoms with Crippen LogP contribution in [-0.2, 0) is 0 Å². The van der Waals surface area contributed by atoms with Crippen molar-refractivity contribution >= 4 is 0 Å². The molecule has 0 aromatic heterocycles. The summed E-state index contributed by atoms with van der Waals surface area (Å²) >= 11 is 0. The summed E-state index contributed by atoms with van der Waals surface area (Å²) in [7, 11) is 0. The molecule has 2 N–H and O–H groups in total. The summed E-state index contributed by atoms with van der Waals surface area (Å²) < 4.78 is 0. The molecule has 4 aliphatic rings. The van der Waals surface area contributed by atoms with E-state index in [1.165, 1.54) is 32.1 Å². The zero-order valence-electron chi connectivity index (χ0n) is 20.2. The van der Waals surface area contributed by atoms with Crippen LogP contribution < -0.4 is 0 Å². The summed E-state index contributed by atoms with van der Waals surface area (Å²) in [5.41, 5.74) is 1.12. The summed E-state index contributed by atoms with van der Waals surface area (Å²) in [5.74, 6) is 3.93. The molecule has 2 nitrogen and oxygen atoms in total. The van der Waals surface area contributed by atoms with Crippen molar-refractivity contribution in [3.05, 3.63) is 24.3 Å². The van der Waals surface area contributed by atoms with Crippen molar-refractivity contribution in [2.45, 2.75) is 110 Å². The van der Waals surface area contributed by atoms with Crippen LogP contribution in [0.5, 0.6) is 0 Å². The molecule has 4 aliphatic carbocycles. The maximum absolute atomic E-state index is 10.7. The minimum absolute atomic E-state index is 0.318. The van der Waals surface area contributed by atoms with Crippen LogP contribution in [0.4, 0.5) is 0 Å². The summed E-state index contributed by atoms with van der Waals surface area (Å²) in [6.45, 7) is 15.3. The molecule has 0 spiro atoms. The second kappa shape index (κ2) is 7.48. The van der Waals surface area contributed by atoms with Gasteiger partial charge in [-0.1, -0.05) is 38.5 Å². The lowest BCUT2D eigenvalue weighted by atomic mass is 9.46. The largest absolute Gasteiger partial charge is 0.390 e. The molecular formula is C28H46O2. The minimum Gasteiger partial charge on any atom is -0.390 e. The Kier molecular flexibility index (Phi) is 5.63. The average molecular weight is 415 g/mol. The Balaban J connectivity index is 1.51. The monoisotopic (exact) mass is 414 g/mol. The van der Waals surface area contributed by atoms with Crippen LogP contribution in [0.25, 0.3) is 0 Å². The van der Waals surface area contributed by atoms with Crippen molar-refractivity contribution in [2.24, 2.45) is 40.4 Å². The number of rotatable bonds is 5. The first-order valence-electron chi connectivity index (χ1n) is 12.7. The van der Waals surface area contributed by atoms with E-state index in [0.717, 1.165) is 55.8 Å². The molecule has 0 saturated heterocycles. The van der Waals surface area contributed by atoms with Gasteiger partial charge < -0.3 is 10.2 Å². The molecule has 3 saturated carbocycles. The fourth-order valence-electron chi connectivity index (χ4n) is 8.60. The Morgan fingerprint density at radius 3 is 2.60 bits per heavy atom. The van der Waals surface area contributed by atoms with Gasteiger partial charge in [-0.3, -0.25) is 0 Å². The van der Waals surface area contributed by atoms with E-state index in [1.807, 2.05) is 13.8 Å². The smallest absolute Gasteiger partial charge is 0.0797 e. The molecule has 0 amide bonds. The van der Waals surface area contributed by atoms with Crippen LogP contribution in [0.3, 0.4) is 0 Å². The van der Waals surface area contributed by atoms with Gasteiger partial charge >= 0.3 is 0 Å². The normalized spacial score (nSPS) is 48.6. The van der Waals surface area contributed by atoms with Crippen LogP contribution in [-0.4, -0.2) is 21.4 Å². The van der Waals surface area contributed by atoms with Gasteiger partial charge in [0, 0.05) is 0 Å². The van der Waals surface area contributed by atoms with E-state index in [2.05, 4.69) is 33.4 Å². The number of hydrogen-bond donors (Lipinski definition) is 2. The number of allylic oxidation sites excluding steroid dienone is 1. The van der Waals surface area contributed by atoms with Gasteiger partial charge in [0.05, 0.1) is 11.2 Å². The third-order valence-corrected chi connectivity index (χ3v) is 10.7. The maximum Gasteiger partial charge on any atom is 0.0797 e. The molecule has 2 heteroatoms. The van der Waals surface area contributed by atoms with Crippen molar-refractivity contribution in [3.63, 3.8) is 0 Å². The molecule has 0 aromatic carbocycles. The van der Waals surface area contributed by atoms with E-state index < -0.39 is 11.2 Å². The summed E-state index contributed by atoms with van der Waals surface area (Å²) in [5, 5.41) is 21.1. The van der Waals surface area contributed by atoms with Gasteiger partial charge in [-0.2, -0.15) is 0 Å². The van der Waals surface area contributed by atoms with Crippen molar-refractivity contribution in [3.8, 4) is 0 Å². The lowest BCUT2D eigenvalue weighted by Gasteiger charge is -2.59. The predicted molar refractivity (Wildman–Crippen MR) is 125 cm³/mol. The van der Waals surface area contributed by atoms with Crippen LogP contribution in [0.2, 0.25) is 0 Å². The summed E-state index contributed by atoms with van der Waals surface area (Å²) in [4.78, 5) is 0. The number of fused-ring (bicyclic) bond motifs is 5. The topological polar surface area (TPSA) is 40.5 Å². The Morgan fingerprint density at radius 2 is 1.90 bits per heavy atom. The van der Waals surface area contributed by atoms with E-state index in [1.54, 1.807) is 11.6 Å². The van der Waals surface area contributed by atoms with Gasteiger partial charge in [-0.25, -0.2) is 0 Å². The molecule has 170 valence electrons. The Hall–Kier alpha value is -0.600. The minimum atomic E-state index is -0.730. The average Bonchev–Trinajstić information content (AvgIpc) is 3.04. The molecule has 0 heterocycles. The van der Waals surface area contributed by atoms with E-state index in [9.17, 15) is 10.2 Å². The molecule has 9 atom stereocenters. The first kappa shape index (κ1) is 22.6. The summed E-state index contributed by atoms with van der Waals surface area (Å²) in [6, 6.07) is 0. The molecule has 0 aromatic rings. The third-order valence-electron chi connectivity index (χ3n) is 10.7. The van der Waals surface area contributed by atoms with Crippen LogP contribution in [0, 0.1) is 40.4 Å². The summed E-state index contributed by atoms with van der Waals surface area (Å²) in [6.07, 6.45) is 15.9. The molecule has 4 rings (SSSR count). The van der Waals surface area contributed by atoms with Gasteiger partial charge in [-0.05, 0) is 118 Å². The van der Waals surface area contributed by atoms with Gasteiger partial charge in [0.2, 0.25) is 0 Å². The van der Waals surface area contributed by atoms with E-state index in [4.69, 9.17) is 0 Å². The molecule has 0 radical (unpaired) electrons. The molecule has 3 fully saturated rings. The third kappa shape index (κ3) is 3.64. The van der Waals surface area contributed by atoms with Crippen LogP contribution >= 0.6 is 0 Å². The molecule has 0 bridgehead atoms. The molecule has 2 unspecified atom stereocenters. The maximum atomic E-state index is 10.7. The standard InChI is InChI=1S/C28H46O2/c1-7-25(3,29)14-12-19(2)22-10-11-23-21-9-8-20-18-26(4,30)16-17-27(20,5)24(21)13-15-28(22,23)6/h7-8,19,21-24,29-30H,1,9-18H2,2-6H3/t19-,21+,22-,23+,24+,25?,26+,27+,28?/m1/s1. The quantitative estimate of drug-likeness (QED) is 0.493. The van der Waals surface area contributed by atoms with Gasteiger partial charge in [0.15, 0.2) is 0 Å². The van der Waals surface area contributed by atoms with Crippen LogP contribution in [0.15, 0.2) is 24.3 Å². The van der Waals surface area contributed by atoms with Gasteiger partial charge in [0.25, 0.3) is 0 Å². The fourth-order valence-corrected chi connectivity index (χ4v) is 8.60. The number of aliphatic hydroxyl groups is 2. The highest BCUT2D eigenvalue weighted by molar-refractivity contribution is 5.26. The lowest BCUT2D eigenvalue weighted by Crippen LogP contribution is -2.52. The zero-order chi connectivity index (χ0) is 21.9. The molecular weight excluding hydrogens is 368 g/mol. The zero-order valence-corrected chi connectivity index (χ0v) is 20.2. The lowest BCUT2D eigenvalue weighted by molar-refractivity contribution is -0.0711. The number of hydrogen-bond acceptors (Lipinski definition) is 2. The van der Waals surface area contributed by atoms with Crippen molar-refractivity contribution < 1.29 is 10.2 Å². The van der Waals surface area contributed by atoms with Crippen molar-refractivity contribution in [1.29, 1.82) is 0 Å². The van der Waals surface area contributed by atoms with E-state index in [-0.39, 0.29) is 0 Å². The second-order valence-electron chi connectivity index (χ2n) is 12.7. The highest BCUT2D eigenvalue weighted by Crippen LogP contribution is 2.67. The Morgan fingerprint density at radius 1 is 1.17 bits per heavy atom. The first-order chi connectivity index (χ1) is 13.9. The Bertz CT molecular complexity index is 703. The van der Waals surface area contributed by atoms with Crippen LogP contribution in [0.1, 0.15) is 98.8 Å². The first-order valence-corrected chi connectivity index (χ1v) is 12.7. The van der Waals surface area contributed by atoms with Crippen molar-refractivity contribution in [2.75, 3.05) is 0 Å². The SMILES string of the molecule is C=CC(C)(O)CC[C@@H](C)[C@H]1CC[C@H]2[C@@H]3CC=C4C[C@@](C)(O)CC[C@]4(C)[C@H]3CCC12C. The van der Waals surface area contributed by atoms with Gasteiger partial charge in [-0.15, -0.1) is 6.58 Å². The fraction of sp³-hybridized carbons (Fsp3) is 0.857. The molecule has 30 heavy (non-hydrogen) atoms. The predicted octanol–water partition coefficient (Wildman–Crippen LogP) is 6.67. The van der Waals surface area contributed by atoms with Gasteiger partial charge in [0.1, 0.15) is 0 Å². The highest BCUT2D eigenvalue weighted by Gasteiger charge is 2.59. The van der Waals surface area contributed by atoms with Crippen molar-refractivity contribution in [1.82, 2.24) is 0 Å². The Labute approximate surface area is 185 Å². The second-order valence-corrected chi connectivity index (χ2v) is 12.7. The van der Waals surface area contributed by atoms with E-state index in [0.29, 0.717) is 16.7 Å². The van der Waals surface area contributed by atoms with E-state index >= 15 is 0 Å². The highest BCUT2D eigenvalue weighted by atomic mass is 16.3.